The molecule has 27 heavy (non-hydrogen) atoms. The van der Waals surface area contributed by atoms with Crippen molar-refractivity contribution in [2.75, 3.05) is 25.0 Å². The van der Waals surface area contributed by atoms with Crippen LogP contribution in [0.15, 0.2) is 48.8 Å². The van der Waals surface area contributed by atoms with Crippen molar-refractivity contribution in [3.63, 3.8) is 0 Å². The van der Waals surface area contributed by atoms with Gasteiger partial charge >= 0.3 is 0 Å². The molecule has 4 heterocycles. The van der Waals surface area contributed by atoms with Gasteiger partial charge in [-0.05, 0) is 49.6 Å². The van der Waals surface area contributed by atoms with Gasteiger partial charge in [0.1, 0.15) is 5.65 Å². The third-order valence-corrected chi connectivity index (χ3v) is 6.10. The summed E-state index contributed by atoms with van der Waals surface area (Å²) in [5, 5.41) is 0. The van der Waals surface area contributed by atoms with Crippen molar-refractivity contribution < 1.29 is 4.79 Å². The molecule has 1 unspecified atom stereocenters. The van der Waals surface area contributed by atoms with Gasteiger partial charge in [-0.25, -0.2) is 4.98 Å². The number of carbonyl (C=O) groups excluding carboxylic acids is 1. The molecule has 5 nitrogen and oxygen atoms in total. The summed E-state index contributed by atoms with van der Waals surface area (Å²) in [7, 11) is 1.90. The number of likely N-dealkylation sites (tertiary alicyclic amines) is 1. The molecule has 5 heteroatoms. The van der Waals surface area contributed by atoms with Gasteiger partial charge in [-0.2, -0.15) is 0 Å². The molecule has 2 aromatic heterocycles. The minimum Gasteiger partial charge on any atom is -0.314 e. The molecule has 0 radical (unpaired) electrons. The number of aromatic nitrogens is 2. The summed E-state index contributed by atoms with van der Waals surface area (Å²) in [4.78, 5) is 22.2. The first-order chi connectivity index (χ1) is 13.1. The summed E-state index contributed by atoms with van der Waals surface area (Å²) in [6.45, 7) is 4.64. The lowest BCUT2D eigenvalue weighted by atomic mass is 9.75. The van der Waals surface area contributed by atoms with Crippen molar-refractivity contribution in [2.45, 2.75) is 31.7 Å². The van der Waals surface area contributed by atoms with E-state index >= 15 is 0 Å². The van der Waals surface area contributed by atoms with E-state index in [1.807, 2.05) is 18.0 Å². The molecule has 3 aromatic rings. The van der Waals surface area contributed by atoms with Gasteiger partial charge in [0, 0.05) is 38.2 Å². The number of nitrogens with zero attached hydrogens (tertiary/aromatic N) is 4. The average molecular weight is 360 g/mol. The fourth-order valence-corrected chi connectivity index (χ4v) is 4.85. The van der Waals surface area contributed by atoms with Gasteiger partial charge in [0.05, 0.1) is 11.1 Å². The minimum atomic E-state index is -0.403. The number of benzene rings is 1. The Morgan fingerprint density at radius 2 is 2.00 bits per heavy atom. The van der Waals surface area contributed by atoms with Crippen molar-refractivity contribution >= 4 is 17.2 Å². The lowest BCUT2D eigenvalue weighted by Gasteiger charge is -2.39. The van der Waals surface area contributed by atoms with Crippen molar-refractivity contribution in [1.29, 1.82) is 0 Å². The standard InChI is InChI=1S/C22H24N4O/c1-16-8-9-20-23-17(14-26(20)12-16)13-25-11-5-10-22(15-25)18-6-3-4-7-19(18)24(2)21(22)27/h3-4,6-9,12,14H,5,10-11,13,15H2,1-2H3. The first-order valence-corrected chi connectivity index (χ1v) is 9.61. The van der Waals surface area contributed by atoms with Crippen LogP contribution in [0.1, 0.15) is 29.7 Å². The predicted octanol–water partition coefficient (Wildman–Crippen LogP) is 3.15. The van der Waals surface area contributed by atoms with Gasteiger partial charge in [-0.3, -0.25) is 9.69 Å². The summed E-state index contributed by atoms with van der Waals surface area (Å²) in [5.41, 5.74) is 5.10. The lowest BCUT2D eigenvalue weighted by Crippen LogP contribution is -2.51. The Hall–Kier alpha value is -2.66. The van der Waals surface area contributed by atoms with Gasteiger partial charge in [0.15, 0.2) is 0 Å². The smallest absolute Gasteiger partial charge is 0.238 e. The van der Waals surface area contributed by atoms with Crippen LogP contribution in [-0.2, 0) is 16.8 Å². The number of rotatable bonds is 2. The largest absolute Gasteiger partial charge is 0.314 e. The van der Waals surface area contributed by atoms with E-state index in [1.165, 1.54) is 11.1 Å². The number of carbonyl (C=O) groups is 1. The van der Waals surface area contributed by atoms with Crippen LogP contribution in [-0.4, -0.2) is 40.3 Å². The molecule has 1 atom stereocenters. The molecule has 1 spiro atoms. The van der Waals surface area contributed by atoms with E-state index in [9.17, 15) is 4.79 Å². The van der Waals surface area contributed by atoms with Crippen LogP contribution in [0.3, 0.4) is 0 Å². The maximum atomic E-state index is 13.2. The molecular formula is C22H24N4O. The van der Waals surface area contributed by atoms with E-state index in [0.29, 0.717) is 0 Å². The van der Waals surface area contributed by atoms with E-state index in [1.54, 1.807) is 0 Å². The van der Waals surface area contributed by atoms with Crippen LogP contribution in [0.25, 0.3) is 5.65 Å². The highest BCUT2D eigenvalue weighted by Gasteiger charge is 2.51. The number of pyridine rings is 1. The lowest BCUT2D eigenvalue weighted by molar-refractivity contribution is -0.125. The molecule has 1 saturated heterocycles. The molecule has 0 N–H and O–H groups in total. The average Bonchev–Trinajstić information content (AvgIpc) is 3.15. The quantitative estimate of drug-likeness (QED) is 0.705. The summed E-state index contributed by atoms with van der Waals surface area (Å²) in [6, 6.07) is 12.4. The van der Waals surface area contributed by atoms with Gasteiger partial charge in [0.25, 0.3) is 0 Å². The highest BCUT2D eigenvalue weighted by Crippen LogP contribution is 2.46. The maximum Gasteiger partial charge on any atom is 0.238 e. The second-order valence-corrected chi connectivity index (χ2v) is 7.98. The van der Waals surface area contributed by atoms with Gasteiger partial charge in [-0.1, -0.05) is 24.3 Å². The van der Waals surface area contributed by atoms with E-state index < -0.39 is 5.41 Å². The zero-order valence-corrected chi connectivity index (χ0v) is 15.9. The van der Waals surface area contributed by atoms with Crippen molar-refractivity contribution in [2.24, 2.45) is 0 Å². The summed E-state index contributed by atoms with van der Waals surface area (Å²) < 4.78 is 2.09. The van der Waals surface area contributed by atoms with Crippen LogP contribution < -0.4 is 4.90 Å². The van der Waals surface area contributed by atoms with Gasteiger partial charge < -0.3 is 9.30 Å². The number of para-hydroxylation sites is 1. The fraction of sp³-hybridized carbons (Fsp3) is 0.364. The first kappa shape index (κ1) is 16.5. The van der Waals surface area contributed by atoms with Crippen molar-refractivity contribution in [3.05, 3.63) is 65.6 Å². The zero-order valence-electron chi connectivity index (χ0n) is 15.9. The topological polar surface area (TPSA) is 40.9 Å². The molecule has 2 aliphatic rings. The van der Waals surface area contributed by atoms with Gasteiger partial charge in [0.2, 0.25) is 5.91 Å². The predicted molar refractivity (Wildman–Crippen MR) is 106 cm³/mol. The number of anilines is 1. The number of amides is 1. The highest BCUT2D eigenvalue weighted by atomic mass is 16.2. The maximum absolute atomic E-state index is 13.2. The van der Waals surface area contributed by atoms with Crippen molar-refractivity contribution in [3.8, 4) is 0 Å². The van der Waals surface area contributed by atoms with E-state index in [-0.39, 0.29) is 5.91 Å². The van der Waals surface area contributed by atoms with E-state index in [0.717, 1.165) is 49.5 Å². The normalized spacial score (nSPS) is 22.7. The van der Waals surface area contributed by atoms with E-state index in [4.69, 9.17) is 4.98 Å². The van der Waals surface area contributed by atoms with E-state index in [2.05, 4.69) is 58.9 Å². The number of aryl methyl sites for hydroxylation is 1. The Morgan fingerprint density at radius 1 is 1.15 bits per heavy atom. The molecule has 0 bridgehead atoms. The summed E-state index contributed by atoms with van der Waals surface area (Å²) >= 11 is 0. The third-order valence-electron chi connectivity index (χ3n) is 6.10. The van der Waals surface area contributed by atoms with Crippen LogP contribution in [0.4, 0.5) is 5.69 Å². The molecule has 5 rings (SSSR count). The Labute approximate surface area is 159 Å². The van der Waals surface area contributed by atoms with Crippen LogP contribution in [0.5, 0.6) is 0 Å². The number of hydrogen-bond acceptors (Lipinski definition) is 3. The summed E-state index contributed by atoms with van der Waals surface area (Å²) in [5.74, 6) is 0.235. The molecule has 0 saturated carbocycles. The Kier molecular flexibility index (Phi) is 3.62. The van der Waals surface area contributed by atoms with Crippen LogP contribution >= 0.6 is 0 Å². The monoisotopic (exact) mass is 360 g/mol. The molecule has 2 aliphatic heterocycles. The Morgan fingerprint density at radius 3 is 2.89 bits per heavy atom. The molecule has 1 aromatic carbocycles. The first-order valence-electron chi connectivity index (χ1n) is 9.61. The number of piperidine rings is 1. The number of hydrogen-bond donors (Lipinski definition) is 0. The molecule has 1 fully saturated rings. The SMILES string of the molecule is Cc1ccc2nc(CN3CCCC4(C3)C(=O)N(C)c3ccccc34)cn2c1. The van der Waals surface area contributed by atoms with Crippen LogP contribution in [0, 0.1) is 6.92 Å². The Balaban J connectivity index is 1.45. The number of likely N-dealkylation sites (N-methyl/N-ethyl adjacent to an activating group) is 1. The zero-order chi connectivity index (χ0) is 18.6. The third kappa shape index (κ3) is 2.49. The second-order valence-electron chi connectivity index (χ2n) is 7.98. The second kappa shape index (κ2) is 5.92. The summed E-state index contributed by atoms with van der Waals surface area (Å²) in [6.07, 6.45) is 6.17. The molecular weight excluding hydrogens is 336 g/mol. The molecule has 1 amide bonds. The fourth-order valence-electron chi connectivity index (χ4n) is 4.85. The highest BCUT2D eigenvalue weighted by molar-refractivity contribution is 6.08. The minimum absolute atomic E-state index is 0.235. The molecule has 138 valence electrons. The Bertz CT molecular complexity index is 1040. The van der Waals surface area contributed by atoms with Crippen LogP contribution in [0.2, 0.25) is 0 Å². The molecule has 0 aliphatic carbocycles. The van der Waals surface area contributed by atoms with Crippen molar-refractivity contribution in [1.82, 2.24) is 14.3 Å². The van der Waals surface area contributed by atoms with Gasteiger partial charge in [-0.15, -0.1) is 0 Å². The number of fused-ring (bicyclic) bond motifs is 3. The number of imidazole rings is 1.